The van der Waals surface area contributed by atoms with Crippen LogP contribution in [0.2, 0.25) is 0 Å². The summed E-state index contributed by atoms with van der Waals surface area (Å²) < 4.78 is 67.0. The minimum atomic E-state index is -4.68. The number of rotatable bonds is 6. The summed E-state index contributed by atoms with van der Waals surface area (Å²) in [6.45, 7) is 1.98. The molecule has 1 aromatic heterocycles. The van der Waals surface area contributed by atoms with E-state index in [0.29, 0.717) is 12.6 Å². The fourth-order valence-corrected chi connectivity index (χ4v) is 4.27. The van der Waals surface area contributed by atoms with E-state index in [-0.39, 0.29) is 17.4 Å². The summed E-state index contributed by atoms with van der Waals surface area (Å²) in [6.07, 6.45) is -3.79. The van der Waals surface area contributed by atoms with Gasteiger partial charge in [0, 0.05) is 17.6 Å². The molecule has 11 heteroatoms. The smallest absolute Gasteiger partial charge is 0.384 e. The van der Waals surface area contributed by atoms with Gasteiger partial charge >= 0.3 is 6.18 Å². The number of nitrogens with zero attached hydrogens (tertiary/aromatic N) is 1. The Hall–Kier alpha value is -1.85. The van der Waals surface area contributed by atoms with Gasteiger partial charge in [-0.25, -0.2) is 13.4 Å². The molecule has 1 aliphatic heterocycles. The first kappa shape index (κ1) is 18.9. The molecule has 1 aliphatic rings. The topological polar surface area (TPSA) is 83.1 Å². The lowest BCUT2D eigenvalue weighted by atomic mass is 10.1. The van der Waals surface area contributed by atoms with Gasteiger partial charge in [0.2, 0.25) is 0 Å². The number of hydrogen-bond acceptors (Lipinski definition) is 6. The first-order chi connectivity index (χ1) is 12.3. The van der Waals surface area contributed by atoms with Crippen LogP contribution in [0.15, 0.2) is 34.0 Å². The molecule has 1 atom stereocenters. The molecular weight excluding hydrogens is 389 g/mol. The van der Waals surface area contributed by atoms with Crippen LogP contribution in [0.3, 0.4) is 0 Å². The minimum absolute atomic E-state index is 0.0690. The lowest BCUT2D eigenvalue weighted by molar-refractivity contribution is -0.137. The number of alkyl halides is 3. The number of anilines is 2. The van der Waals surface area contributed by atoms with Gasteiger partial charge in [-0.05, 0) is 43.6 Å². The summed E-state index contributed by atoms with van der Waals surface area (Å²) in [5.41, 5.74) is 0.283. The quantitative estimate of drug-likeness (QED) is 0.687. The van der Waals surface area contributed by atoms with Gasteiger partial charge in [-0.15, -0.1) is 11.3 Å². The summed E-state index contributed by atoms with van der Waals surface area (Å²) in [6, 6.07) is 2.95. The molecule has 6 nitrogen and oxygen atoms in total. The highest BCUT2D eigenvalue weighted by Crippen LogP contribution is 2.36. The van der Waals surface area contributed by atoms with Crippen molar-refractivity contribution in [3.8, 4) is 0 Å². The number of benzene rings is 1. The molecule has 3 N–H and O–H groups in total. The van der Waals surface area contributed by atoms with Crippen LogP contribution in [-0.4, -0.2) is 33.0 Å². The Balaban J connectivity index is 1.85. The van der Waals surface area contributed by atoms with Crippen molar-refractivity contribution in [2.24, 2.45) is 5.92 Å². The van der Waals surface area contributed by atoms with Crippen LogP contribution in [0.25, 0.3) is 0 Å². The largest absolute Gasteiger partial charge is 0.418 e. The molecule has 2 heterocycles. The monoisotopic (exact) mass is 406 g/mol. The van der Waals surface area contributed by atoms with Crippen LogP contribution >= 0.6 is 11.3 Å². The maximum atomic E-state index is 13.4. The summed E-state index contributed by atoms with van der Waals surface area (Å²) in [5.74, 6) is 0.310. The summed E-state index contributed by atoms with van der Waals surface area (Å²) >= 11 is 1.17. The number of nitrogens with one attached hydrogen (secondary N) is 3. The van der Waals surface area contributed by atoms with E-state index < -0.39 is 26.7 Å². The zero-order valence-corrected chi connectivity index (χ0v) is 15.1. The highest BCUT2D eigenvalue weighted by molar-refractivity contribution is 7.92. The van der Waals surface area contributed by atoms with Crippen molar-refractivity contribution in [3.63, 3.8) is 0 Å². The average Bonchev–Trinajstić information content (AvgIpc) is 3.25. The van der Waals surface area contributed by atoms with Crippen molar-refractivity contribution in [1.82, 2.24) is 10.3 Å². The SMILES string of the molecule is O=S(=O)(Nc1cscn1)c1ccc(NC[C@H]2CCNC2)c(C(F)(F)F)c1. The molecule has 0 aliphatic carbocycles. The molecule has 0 amide bonds. The maximum Gasteiger partial charge on any atom is 0.418 e. The second-order valence-corrected chi connectivity index (χ2v) is 8.33. The van der Waals surface area contributed by atoms with Gasteiger partial charge in [0.15, 0.2) is 5.82 Å². The van der Waals surface area contributed by atoms with Crippen LogP contribution in [-0.2, 0) is 16.2 Å². The van der Waals surface area contributed by atoms with Gasteiger partial charge in [-0.3, -0.25) is 4.72 Å². The molecule has 142 valence electrons. The van der Waals surface area contributed by atoms with Crippen molar-refractivity contribution in [2.75, 3.05) is 29.7 Å². The molecule has 3 rings (SSSR count). The Morgan fingerprint density at radius 1 is 1.35 bits per heavy atom. The molecule has 1 aromatic carbocycles. The maximum absolute atomic E-state index is 13.4. The minimum Gasteiger partial charge on any atom is -0.384 e. The summed E-state index contributed by atoms with van der Waals surface area (Å²) in [5, 5.41) is 7.40. The number of halogens is 3. The predicted molar refractivity (Wildman–Crippen MR) is 93.8 cm³/mol. The molecule has 1 fully saturated rings. The highest BCUT2D eigenvalue weighted by Gasteiger charge is 2.35. The molecule has 1 saturated heterocycles. The van der Waals surface area contributed by atoms with Crippen LogP contribution in [0.4, 0.5) is 24.7 Å². The van der Waals surface area contributed by atoms with Gasteiger partial charge in [0.25, 0.3) is 10.0 Å². The van der Waals surface area contributed by atoms with Crippen molar-refractivity contribution >= 4 is 32.9 Å². The third-order valence-corrected chi connectivity index (χ3v) is 5.96. The van der Waals surface area contributed by atoms with Crippen LogP contribution in [0.5, 0.6) is 0 Å². The standard InChI is InChI=1S/C15H17F3N4O2S2/c16-15(17,18)12-5-11(26(23,24)22-14-8-25-9-21-14)1-2-13(12)20-7-10-3-4-19-6-10/h1-2,5,8-10,19-20,22H,3-4,6-7H2/t10-/m0/s1. The van der Waals surface area contributed by atoms with E-state index in [1.807, 2.05) is 0 Å². The first-order valence-corrected chi connectivity index (χ1v) is 10.2. The average molecular weight is 406 g/mol. The van der Waals surface area contributed by atoms with Crippen molar-refractivity contribution in [2.45, 2.75) is 17.5 Å². The molecule has 0 unspecified atom stereocenters. The lowest BCUT2D eigenvalue weighted by Gasteiger charge is -2.18. The molecule has 26 heavy (non-hydrogen) atoms. The van der Waals surface area contributed by atoms with Crippen molar-refractivity contribution in [3.05, 3.63) is 34.7 Å². The van der Waals surface area contributed by atoms with Gasteiger partial charge in [0.05, 0.1) is 16.0 Å². The number of thiazole rings is 1. The third-order valence-electron chi connectivity index (χ3n) is 4.02. The van der Waals surface area contributed by atoms with Crippen molar-refractivity contribution < 1.29 is 21.6 Å². The van der Waals surface area contributed by atoms with Gasteiger partial charge in [-0.2, -0.15) is 13.2 Å². The fourth-order valence-electron chi connectivity index (χ4n) is 2.68. The van der Waals surface area contributed by atoms with Gasteiger partial charge < -0.3 is 10.6 Å². The molecule has 2 aromatic rings. The molecule has 0 spiro atoms. The van der Waals surface area contributed by atoms with E-state index in [4.69, 9.17) is 0 Å². The van der Waals surface area contributed by atoms with E-state index in [0.717, 1.165) is 31.6 Å². The summed E-state index contributed by atoms with van der Waals surface area (Å²) in [4.78, 5) is 3.31. The van der Waals surface area contributed by atoms with E-state index in [9.17, 15) is 21.6 Å². The number of aromatic nitrogens is 1. The fraction of sp³-hybridized carbons (Fsp3) is 0.400. The Morgan fingerprint density at radius 3 is 2.77 bits per heavy atom. The molecule has 0 bridgehead atoms. The Kier molecular flexibility index (Phi) is 5.39. The zero-order chi connectivity index (χ0) is 18.8. The van der Waals surface area contributed by atoms with E-state index >= 15 is 0 Å². The second kappa shape index (κ2) is 7.41. The summed E-state index contributed by atoms with van der Waals surface area (Å²) in [7, 11) is -4.16. The van der Waals surface area contributed by atoms with E-state index in [1.165, 1.54) is 22.2 Å². The van der Waals surface area contributed by atoms with Gasteiger partial charge in [-0.1, -0.05) is 0 Å². The van der Waals surface area contributed by atoms with Crippen LogP contribution in [0, 0.1) is 5.92 Å². The Morgan fingerprint density at radius 2 is 2.15 bits per heavy atom. The van der Waals surface area contributed by atoms with Gasteiger partial charge in [0.1, 0.15) is 0 Å². The number of sulfonamides is 1. The Bertz CT molecular complexity index is 848. The molecule has 0 saturated carbocycles. The van der Waals surface area contributed by atoms with Crippen molar-refractivity contribution in [1.29, 1.82) is 0 Å². The van der Waals surface area contributed by atoms with E-state index in [2.05, 4.69) is 20.3 Å². The normalized spacial score (nSPS) is 18.0. The predicted octanol–water partition coefficient (Wildman–Crippen LogP) is 2.98. The van der Waals surface area contributed by atoms with Crippen LogP contribution in [0.1, 0.15) is 12.0 Å². The number of hydrogen-bond donors (Lipinski definition) is 3. The Labute approximate surface area is 152 Å². The second-order valence-electron chi connectivity index (χ2n) is 5.92. The first-order valence-electron chi connectivity index (χ1n) is 7.82. The highest BCUT2D eigenvalue weighted by atomic mass is 32.2. The third kappa shape index (κ3) is 4.46. The lowest BCUT2D eigenvalue weighted by Crippen LogP contribution is -2.20. The van der Waals surface area contributed by atoms with E-state index in [1.54, 1.807) is 0 Å². The molecule has 0 radical (unpaired) electrons. The van der Waals surface area contributed by atoms with Crippen LogP contribution < -0.4 is 15.4 Å². The zero-order valence-electron chi connectivity index (χ0n) is 13.5. The molecular formula is C15H17F3N4O2S2.